The summed E-state index contributed by atoms with van der Waals surface area (Å²) in [5, 5.41) is 19.5. The van der Waals surface area contributed by atoms with Crippen LogP contribution in [0.3, 0.4) is 0 Å². The lowest BCUT2D eigenvalue weighted by atomic mass is 9.86. The van der Waals surface area contributed by atoms with Gasteiger partial charge in [-0.2, -0.15) is 0 Å². The summed E-state index contributed by atoms with van der Waals surface area (Å²) in [7, 11) is 0. The van der Waals surface area contributed by atoms with Crippen LogP contribution in [0.5, 0.6) is 11.5 Å². The number of hydrogen-bond acceptors (Lipinski definition) is 5. The fourth-order valence-corrected chi connectivity index (χ4v) is 4.19. The standard InChI is InChI=1S/C26H29ClFNO6/c1-14(2)34-20-11-19-17(10-16(20)9-15-7-6-8-18(27)23(15)28)24(31)21(35-25(32)33)12-29(19)22(13-30)26(3,4)5/h6-8,10-12,14,22,30H,9,13H2,1-5H3,(H,32,33)/t22-/m1/s1. The molecule has 2 N–H and O–H groups in total. The Balaban J connectivity index is 2.37. The van der Waals surface area contributed by atoms with Crippen molar-refractivity contribution in [2.24, 2.45) is 5.41 Å². The van der Waals surface area contributed by atoms with E-state index >= 15 is 0 Å². The van der Waals surface area contributed by atoms with Gasteiger partial charge in [-0.15, -0.1) is 0 Å². The zero-order chi connectivity index (χ0) is 26.1. The number of aliphatic hydroxyl groups is 1. The highest BCUT2D eigenvalue weighted by molar-refractivity contribution is 6.30. The van der Waals surface area contributed by atoms with Crippen LogP contribution >= 0.6 is 11.6 Å². The van der Waals surface area contributed by atoms with E-state index in [4.69, 9.17) is 26.2 Å². The van der Waals surface area contributed by atoms with Gasteiger partial charge in [0.25, 0.3) is 0 Å². The minimum atomic E-state index is -1.63. The monoisotopic (exact) mass is 505 g/mol. The number of benzene rings is 2. The lowest BCUT2D eigenvalue weighted by Gasteiger charge is -2.33. The molecule has 3 rings (SSSR count). The van der Waals surface area contributed by atoms with E-state index in [0.29, 0.717) is 22.4 Å². The number of halogens is 2. The molecule has 0 bridgehead atoms. The Hall–Kier alpha value is -3.10. The summed E-state index contributed by atoms with van der Waals surface area (Å²) in [5.41, 5.74) is 0.145. The molecular weight excluding hydrogens is 477 g/mol. The Kier molecular flexibility index (Phi) is 7.77. The van der Waals surface area contributed by atoms with Crippen molar-refractivity contribution in [1.82, 2.24) is 4.57 Å². The van der Waals surface area contributed by atoms with E-state index in [1.165, 1.54) is 12.3 Å². The molecule has 1 aromatic heterocycles. The topological polar surface area (TPSA) is 98.0 Å². The number of ether oxygens (including phenoxy) is 2. The van der Waals surface area contributed by atoms with Gasteiger partial charge in [0.2, 0.25) is 5.43 Å². The van der Waals surface area contributed by atoms with Crippen LogP contribution in [0.2, 0.25) is 5.02 Å². The van der Waals surface area contributed by atoms with Gasteiger partial charge in [-0.1, -0.05) is 44.5 Å². The van der Waals surface area contributed by atoms with Gasteiger partial charge in [-0.05, 0) is 42.5 Å². The summed E-state index contributed by atoms with van der Waals surface area (Å²) in [6.07, 6.45) is -0.483. The minimum Gasteiger partial charge on any atom is -0.491 e. The van der Waals surface area contributed by atoms with Crippen LogP contribution in [0.4, 0.5) is 9.18 Å². The van der Waals surface area contributed by atoms with Crippen molar-refractivity contribution in [3.63, 3.8) is 0 Å². The zero-order valence-corrected chi connectivity index (χ0v) is 21.0. The quantitative estimate of drug-likeness (QED) is 0.393. The average molecular weight is 506 g/mol. The van der Waals surface area contributed by atoms with E-state index in [1.807, 2.05) is 34.6 Å². The van der Waals surface area contributed by atoms with Crippen molar-refractivity contribution in [3.05, 3.63) is 68.7 Å². The Morgan fingerprint density at radius 1 is 1.17 bits per heavy atom. The van der Waals surface area contributed by atoms with Crippen LogP contribution in [-0.2, 0) is 6.42 Å². The van der Waals surface area contributed by atoms with Gasteiger partial charge in [0.15, 0.2) is 5.75 Å². The molecule has 0 aliphatic carbocycles. The average Bonchev–Trinajstić information content (AvgIpc) is 2.74. The number of aromatic nitrogens is 1. The van der Waals surface area contributed by atoms with Crippen molar-refractivity contribution in [3.8, 4) is 11.5 Å². The minimum absolute atomic E-state index is 0.0231. The Bertz CT molecular complexity index is 1310. The fraction of sp³-hybridized carbons (Fsp3) is 0.385. The first-order chi connectivity index (χ1) is 16.3. The van der Waals surface area contributed by atoms with E-state index in [0.717, 1.165) is 0 Å². The maximum absolute atomic E-state index is 14.7. The number of aliphatic hydroxyl groups excluding tert-OH is 1. The third kappa shape index (κ3) is 5.77. The van der Waals surface area contributed by atoms with Gasteiger partial charge >= 0.3 is 6.16 Å². The number of carbonyl (C=O) groups is 1. The molecule has 1 heterocycles. The normalized spacial score (nSPS) is 12.7. The molecule has 2 aromatic carbocycles. The molecule has 0 unspecified atom stereocenters. The molecule has 0 radical (unpaired) electrons. The highest BCUT2D eigenvalue weighted by atomic mass is 35.5. The second-order valence-corrected chi connectivity index (χ2v) is 10.1. The van der Waals surface area contributed by atoms with E-state index in [2.05, 4.69) is 0 Å². The maximum Gasteiger partial charge on any atom is 0.511 e. The van der Waals surface area contributed by atoms with Crippen LogP contribution < -0.4 is 14.9 Å². The number of rotatable bonds is 7. The molecule has 3 aromatic rings. The molecule has 0 fully saturated rings. The SMILES string of the molecule is CC(C)Oc1cc2c(cc1Cc1cccc(Cl)c1F)c(=O)c(OC(=O)O)cn2[C@H](CO)C(C)(C)C. The second-order valence-electron chi connectivity index (χ2n) is 9.70. The van der Waals surface area contributed by atoms with E-state index in [9.17, 15) is 19.1 Å². The van der Waals surface area contributed by atoms with Gasteiger partial charge in [0.1, 0.15) is 11.6 Å². The van der Waals surface area contributed by atoms with Crippen molar-refractivity contribution in [1.29, 1.82) is 0 Å². The molecule has 1 atom stereocenters. The van der Waals surface area contributed by atoms with Gasteiger partial charge in [0, 0.05) is 12.5 Å². The highest BCUT2D eigenvalue weighted by Gasteiger charge is 2.28. The lowest BCUT2D eigenvalue weighted by Crippen LogP contribution is -2.29. The number of fused-ring (bicyclic) bond motifs is 1. The van der Waals surface area contributed by atoms with E-state index < -0.39 is 34.6 Å². The molecule has 0 aliphatic rings. The van der Waals surface area contributed by atoms with Gasteiger partial charge in [-0.3, -0.25) is 4.79 Å². The fourth-order valence-electron chi connectivity index (χ4n) is 3.99. The van der Waals surface area contributed by atoms with Gasteiger partial charge in [-0.25, -0.2) is 9.18 Å². The van der Waals surface area contributed by atoms with Crippen LogP contribution in [0.15, 0.2) is 41.3 Å². The molecule has 0 saturated heterocycles. The summed E-state index contributed by atoms with van der Waals surface area (Å²) in [6.45, 7) is 9.16. The molecule has 9 heteroatoms. The van der Waals surface area contributed by atoms with Crippen molar-refractivity contribution in [2.45, 2.75) is 53.2 Å². The summed E-state index contributed by atoms with van der Waals surface area (Å²) in [4.78, 5) is 24.5. The Morgan fingerprint density at radius 3 is 2.43 bits per heavy atom. The first kappa shape index (κ1) is 26.5. The third-order valence-corrected chi connectivity index (χ3v) is 5.95. The van der Waals surface area contributed by atoms with Gasteiger partial charge < -0.3 is 24.3 Å². The molecule has 35 heavy (non-hydrogen) atoms. The van der Waals surface area contributed by atoms with Crippen LogP contribution in [-0.4, -0.2) is 33.6 Å². The first-order valence-corrected chi connectivity index (χ1v) is 11.5. The third-order valence-electron chi connectivity index (χ3n) is 5.66. The van der Waals surface area contributed by atoms with Crippen LogP contribution in [0.25, 0.3) is 10.9 Å². The van der Waals surface area contributed by atoms with Crippen molar-refractivity contribution < 1.29 is 28.9 Å². The first-order valence-electron chi connectivity index (χ1n) is 11.2. The number of carboxylic acid groups (broad SMARTS) is 1. The molecule has 188 valence electrons. The molecule has 0 amide bonds. The predicted octanol–water partition coefficient (Wildman–Crippen LogP) is 5.81. The zero-order valence-electron chi connectivity index (χ0n) is 20.3. The van der Waals surface area contributed by atoms with E-state index in [-0.39, 0.29) is 29.5 Å². The Morgan fingerprint density at radius 2 is 1.86 bits per heavy atom. The summed E-state index contributed by atoms with van der Waals surface area (Å²) < 4.78 is 27.1. The second kappa shape index (κ2) is 10.3. The molecule has 0 aliphatic heterocycles. The maximum atomic E-state index is 14.7. The summed E-state index contributed by atoms with van der Waals surface area (Å²) in [5.74, 6) is -0.541. The highest BCUT2D eigenvalue weighted by Crippen LogP contribution is 2.36. The van der Waals surface area contributed by atoms with E-state index in [1.54, 1.807) is 28.8 Å². The number of pyridine rings is 1. The smallest absolute Gasteiger partial charge is 0.491 e. The van der Waals surface area contributed by atoms with Crippen LogP contribution in [0, 0.1) is 11.2 Å². The van der Waals surface area contributed by atoms with Crippen LogP contribution in [0.1, 0.15) is 51.8 Å². The molecule has 0 spiro atoms. The predicted molar refractivity (Wildman–Crippen MR) is 132 cm³/mol. The summed E-state index contributed by atoms with van der Waals surface area (Å²) >= 11 is 5.95. The molecule has 0 saturated carbocycles. The number of nitrogens with zero attached hydrogens (tertiary/aromatic N) is 1. The van der Waals surface area contributed by atoms with Crippen molar-refractivity contribution in [2.75, 3.05) is 6.61 Å². The largest absolute Gasteiger partial charge is 0.511 e. The number of hydrogen-bond donors (Lipinski definition) is 2. The van der Waals surface area contributed by atoms with Gasteiger partial charge in [0.05, 0.1) is 40.9 Å². The molecule has 7 nitrogen and oxygen atoms in total. The summed E-state index contributed by atoms with van der Waals surface area (Å²) in [6, 6.07) is 7.36. The Labute approximate surface area is 207 Å². The van der Waals surface area contributed by atoms with Crippen molar-refractivity contribution >= 4 is 28.7 Å². The lowest BCUT2D eigenvalue weighted by molar-refractivity contribution is 0.135. The molecular formula is C26H29ClFNO6.